The standard InChI is InChI=1S/C13H14N2O/c1-7-4-8(2)12-10(13(14)16)6-9(3)15-11(12)5-7/h4-6H,1-3H3,(H2,14,16). The third kappa shape index (κ3) is 1.65. The van der Waals surface area contributed by atoms with Gasteiger partial charge in [0, 0.05) is 11.1 Å². The number of rotatable bonds is 1. The molecule has 1 aromatic heterocycles. The highest BCUT2D eigenvalue weighted by Crippen LogP contribution is 2.23. The van der Waals surface area contributed by atoms with Crippen molar-refractivity contribution < 1.29 is 4.79 Å². The summed E-state index contributed by atoms with van der Waals surface area (Å²) in [5.41, 5.74) is 9.77. The summed E-state index contributed by atoms with van der Waals surface area (Å²) < 4.78 is 0. The minimum absolute atomic E-state index is 0.401. The molecule has 1 aromatic carbocycles. The normalized spacial score (nSPS) is 10.7. The lowest BCUT2D eigenvalue weighted by atomic mass is 10.0. The van der Waals surface area contributed by atoms with E-state index in [0.29, 0.717) is 5.56 Å². The number of aromatic nitrogens is 1. The fourth-order valence-electron chi connectivity index (χ4n) is 2.08. The monoisotopic (exact) mass is 214 g/mol. The van der Waals surface area contributed by atoms with Crippen molar-refractivity contribution in [3.8, 4) is 0 Å². The number of nitrogens with zero attached hydrogens (tertiary/aromatic N) is 1. The molecule has 0 radical (unpaired) electrons. The Morgan fingerprint density at radius 2 is 1.88 bits per heavy atom. The highest BCUT2D eigenvalue weighted by molar-refractivity contribution is 6.06. The molecule has 3 heteroatoms. The Hall–Kier alpha value is -1.90. The van der Waals surface area contributed by atoms with Crippen LogP contribution in [0.4, 0.5) is 0 Å². The zero-order chi connectivity index (χ0) is 11.9. The largest absolute Gasteiger partial charge is 0.366 e. The number of amides is 1. The number of pyridine rings is 1. The zero-order valence-corrected chi connectivity index (χ0v) is 9.66. The van der Waals surface area contributed by atoms with Crippen LogP contribution in [0.15, 0.2) is 18.2 Å². The molecule has 0 unspecified atom stereocenters. The summed E-state index contributed by atoms with van der Waals surface area (Å²) in [5.74, 6) is -0.401. The summed E-state index contributed by atoms with van der Waals surface area (Å²) in [4.78, 5) is 15.8. The predicted molar refractivity (Wildman–Crippen MR) is 64.5 cm³/mol. The first-order chi connectivity index (χ1) is 7.49. The second-order valence-corrected chi connectivity index (χ2v) is 4.15. The van der Waals surface area contributed by atoms with Crippen LogP contribution in [0.5, 0.6) is 0 Å². The summed E-state index contributed by atoms with van der Waals surface area (Å²) >= 11 is 0. The molecular formula is C13H14N2O. The third-order valence-electron chi connectivity index (χ3n) is 2.64. The predicted octanol–water partition coefficient (Wildman–Crippen LogP) is 2.26. The lowest BCUT2D eigenvalue weighted by Crippen LogP contribution is -2.13. The van der Waals surface area contributed by atoms with Gasteiger partial charge >= 0.3 is 0 Å². The van der Waals surface area contributed by atoms with Crippen LogP contribution in [-0.4, -0.2) is 10.9 Å². The summed E-state index contributed by atoms with van der Waals surface area (Å²) in [5, 5.41) is 0.865. The highest BCUT2D eigenvalue weighted by Gasteiger charge is 2.11. The third-order valence-corrected chi connectivity index (χ3v) is 2.64. The van der Waals surface area contributed by atoms with E-state index in [-0.39, 0.29) is 0 Å². The maximum atomic E-state index is 11.4. The highest BCUT2D eigenvalue weighted by atomic mass is 16.1. The van der Waals surface area contributed by atoms with Crippen LogP contribution in [0.25, 0.3) is 10.9 Å². The fourth-order valence-corrected chi connectivity index (χ4v) is 2.08. The van der Waals surface area contributed by atoms with Crippen LogP contribution in [0.3, 0.4) is 0 Å². The van der Waals surface area contributed by atoms with Gasteiger partial charge < -0.3 is 5.73 Å². The smallest absolute Gasteiger partial charge is 0.249 e. The Bertz CT molecular complexity index is 583. The van der Waals surface area contributed by atoms with E-state index in [1.54, 1.807) is 6.07 Å². The zero-order valence-electron chi connectivity index (χ0n) is 9.66. The van der Waals surface area contributed by atoms with Crippen LogP contribution >= 0.6 is 0 Å². The van der Waals surface area contributed by atoms with E-state index in [4.69, 9.17) is 5.73 Å². The van der Waals surface area contributed by atoms with E-state index in [0.717, 1.165) is 27.7 Å². The molecule has 2 rings (SSSR count). The summed E-state index contributed by atoms with van der Waals surface area (Å²) in [6, 6.07) is 5.75. The van der Waals surface area contributed by atoms with Crippen molar-refractivity contribution in [3.63, 3.8) is 0 Å². The minimum Gasteiger partial charge on any atom is -0.366 e. The molecule has 0 atom stereocenters. The maximum absolute atomic E-state index is 11.4. The Morgan fingerprint density at radius 3 is 2.50 bits per heavy atom. The van der Waals surface area contributed by atoms with Gasteiger partial charge in [-0.1, -0.05) is 6.07 Å². The van der Waals surface area contributed by atoms with Crippen molar-refractivity contribution in [2.24, 2.45) is 5.73 Å². The SMILES string of the molecule is Cc1cc(C)c2c(C(N)=O)cc(C)nc2c1. The average Bonchev–Trinajstić information content (AvgIpc) is 2.14. The molecule has 1 amide bonds. The quantitative estimate of drug-likeness (QED) is 0.791. The molecule has 0 fully saturated rings. The number of hydrogen-bond acceptors (Lipinski definition) is 2. The lowest BCUT2D eigenvalue weighted by molar-refractivity contribution is 0.100. The summed E-state index contributed by atoms with van der Waals surface area (Å²) in [6.07, 6.45) is 0. The van der Waals surface area contributed by atoms with Gasteiger partial charge in [0.1, 0.15) is 0 Å². The molecule has 1 heterocycles. The van der Waals surface area contributed by atoms with Crippen molar-refractivity contribution in [1.29, 1.82) is 0 Å². The first kappa shape index (κ1) is 10.6. The Kier molecular flexibility index (Phi) is 2.38. The second kappa shape index (κ2) is 3.59. The second-order valence-electron chi connectivity index (χ2n) is 4.15. The Balaban J connectivity index is 2.95. The number of hydrogen-bond donors (Lipinski definition) is 1. The maximum Gasteiger partial charge on any atom is 0.249 e. The van der Waals surface area contributed by atoms with E-state index < -0.39 is 5.91 Å². The van der Waals surface area contributed by atoms with Crippen molar-refractivity contribution in [2.75, 3.05) is 0 Å². The number of carbonyl (C=O) groups is 1. The molecule has 2 aromatic rings. The molecule has 0 aliphatic heterocycles. The Labute approximate surface area is 94.3 Å². The number of carbonyl (C=O) groups excluding carboxylic acids is 1. The molecule has 3 nitrogen and oxygen atoms in total. The van der Waals surface area contributed by atoms with Crippen LogP contribution in [-0.2, 0) is 0 Å². The van der Waals surface area contributed by atoms with Crippen molar-refractivity contribution in [3.05, 3.63) is 40.6 Å². The molecule has 0 saturated heterocycles. The molecule has 0 saturated carbocycles. The Morgan fingerprint density at radius 1 is 1.19 bits per heavy atom. The van der Waals surface area contributed by atoms with Crippen LogP contribution in [0, 0.1) is 20.8 Å². The van der Waals surface area contributed by atoms with Gasteiger partial charge in [0.2, 0.25) is 5.91 Å². The molecule has 0 bridgehead atoms. The van der Waals surface area contributed by atoms with Crippen LogP contribution < -0.4 is 5.73 Å². The van der Waals surface area contributed by atoms with Crippen LogP contribution in [0.2, 0.25) is 0 Å². The van der Waals surface area contributed by atoms with Gasteiger partial charge in [-0.3, -0.25) is 9.78 Å². The number of aryl methyl sites for hydroxylation is 3. The van der Waals surface area contributed by atoms with Gasteiger partial charge in [0.05, 0.1) is 11.1 Å². The molecule has 82 valence electrons. The van der Waals surface area contributed by atoms with Crippen molar-refractivity contribution in [1.82, 2.24) is 4.98 Å². The molecular weight excluding hydrogens is 200 g/mol. The summed E-state index contributed by atoms with van der Waals surface area (Å²) in [7, 11) is 0. The van der Waals surface area contributed by atoms with E-state index in [2.05, 4.69) is 4.98 Å². The van der Waals surface area contributed by atoms with E-state index in [1.807, 2.05) is 32.9 Å². The summed E-state index contributed by atoms with van der Waals surface area (Å²) in [6.45, 7) is 5.85. The van der Waals surface area contributed by atoms with Gasteiger partial charge in [-0.05, 0) is 44.0 Å². The first-order valence-corrected chi connectivity index (χ1v) is 5.17. The van der Waals surface area contributed by atoms with Gasteiger partial charge in [-0.15, -0.1) is 0 Å². The van der Waals surface area contributed by atoms with Crippen molar-refractivity contribution in [2.45, 2.75) is 20.8 Å². The number of fused-ring (bicyclic) bond motifs is 1. The van der Waals surface area contributed by atoms with Crippen LogP contribution in [0.1, 0.15) is 27.2 Å². The van der Waals surface area contributed by atoms with Crippen molar-refractivity contribution >= 4 is 16.8 Å². The van der Waals surface area contributed by atoms with E-state index in [1.165, 1.54) is 0 Å². The molecule has 2 N–H and O–H groups in total. The minimum atomic E-state index is -0.401. The van der Waals surface area contributed by atoms with Gasteiger partial charge in [-0.2, -0.15) is 0 Å². The molecule has 0 spiro atoms. The lowest BCUT2D eigenvalue weighted by Gasteiger charge is -2.08. The topological polar surface area (TPSA) is 56.0 Å². The van der Waals surface area contributed by atoms with E-state index >= 15 is 0 Å². The molecule has 0 aliphatic rings. The fraction of sp³-hybridized carbons (Fsp3) is 0.231. The number of primary amides is 1. The average molecular weight is 214 g/mol. The molecule has 16 heavy (non-hydrogen) atoms. The van der Waals surface area contributed by atoms with Gasteiger partial charge in [0.15, 0.2) is 0 Å². The number of nitrogens with two attached hydrogens (primary N) is 1. The number of benzene rings is 1. The molecule has 0 aliphatic carbocycles. The van der Waals surface area contributed by atoms with Gasteiger partial charge in [0.25, 0.3) is 0 Å². The van der Waals surface area contributed by atoms with E-state index in [9.17, 15) is 4.79 Å². The first-order valence-electron chi connectivity index (χ1n) is 5.17. The van der Waals surface area contributed by atoms with Gasteiger partial charge in [-0.25, -0.2) is 0 Å².